The highest BCUT2D eigenvalue weighted by Crippen LogP contribution is 2.57. The number of nitriles is 1. The maximum Gasteiger partial charge on any atom is 0.329 e. The van der Waals surface area contributed by atoms with Crippen LogP contribution in [-0.2, 0) is 14.3 Å². The van der Waals surface area contributed by atoms with E-state index in [0.717, 1.165) is 0 Å². The molecule has 5 atom stereocenters. The molecule has 5 unspecified atom stereocenters. The van der Waals surface area contributed by atoms with E-state index in [1.54, 1.807) is 0 Å². The maximum absolute atomic E-state index is 11.6. The van der Waals surface area contributed by atoms with Gasteiger partial charge in [-0.3, -0.25) is 4.79 Å². The van der Waals surface area contributed by atoms with E-state index >= 15 is 0 Å². The molecule has 2 bridgehead atoms. The molecule has 0 saturated carbocycles. The lowest BCUT2D eigenvalue weighted by molar-refractivity contribution is -0.146. The largest absolute Gasteiger partial charge is 0.456 e. The van der Waals surface area contributed by atoms with Gasteiger partial charge in [0.25, 0.3) is 0 Å². The first-order chi connectivity index (χ1) is 6.52. The Morgan fingerprint density at radius 2 is 2.36 bits per heavy atom. The van der Waals surface area contributed by atoms with Crippen LogP contribution < -0.4 is 5.73 Å². The lowest BCUT2D eigenvalue weighted by Gasteiger charge is -2.30. The molecule has 3 fully saturated rings. The predicted octanol–water partition coefficient (Wildman–Crippen LogP) is -0.690. The molecule has 3 aliphatic heterocycles. The highest BCUT2D eigenvalue weighted by Gasteiger charge is 2.75. The summed E-state index contributed by atoms with van der Waals surface area (Å²) in [4.78, 5) is 11.6. The minimum absolute atomic E-state index is 0.233. The summed E-state index contributed by atoms with van der Waals surface area (Å²) < 4.78 is 10.7. The summed E-state index contributed by atoms with van der Waals surface area (Å²) in [6.45, 7) is 1.81. The van der Waals surface area contributed by atoms with Crippen molar-refractivity contribution >= 4 is 5.97 Å². The second kappa shape index (κ2) is 1.95. The number of nitrogens with two attached hydrogens (primary N) is 1. The lowest BCUT2D eigenvalue weighted by atomic mass is 9.70. The first-order valence-corrected chi connectivity index (χ1v) is 4.59. The third-order valence-electron chi connectivity index (χ3n) is 3.68. The number of hydrogen-bond acceptors (Lipinski definition) is 5. The number of carbonyl (C=O) groups excluding carboxylic acids is 1. The number of nitrogens with zero attached hydrogens (tertiary/aromatic N) is 1. The van der Waals surface area contributed by atoms with Crippen molar-refractivity contribution in [3.8, 4) is 6.07 Å². The molecule has 0 aromatic carbocycles. The molecule has 3 aliphatic rings. The molecule has 14 heavy (non-hydrogen) atoms. The van der Waals surface area contributed by atoms with Gasteiger partial charge in [-0.15, -0.1) is 0 Å². The molecule has 3 saturated heterocycles. The average molecular weight is 194 g/mol. The van der Waals surface area contributed by atoms with Crippen molar-refractivity contribution < 1.29 is 14.3 Å². The summed E-state index contributed by atoms with van der Waals surface area (Å²) in [6, 6.07) is 2.03. The Balaban J connectivity index is 2.14. The molecule has 0 aliphatic carbocycles. The number of hydrogen-bond donors (Lipinski definition) is 1. The molecule has 2 N–H and O–H groups in total. The van der Waals surface area contributed by atoms with Crippen LogP contribution in [0.4, 0.5) is 0 Å². The zero-order valence-electron chi connectivity index (χ0n) is 7.69. The molecular formula is C9H10N2O3. The molecule has 0 radical (unpaired) electrons. The Morgan fingerprint density at radius 3 is 2.93 bits per heavy atom. The van der Waals surface area contributed by atoms with Crippen LogP contribution in [0.1, 0.15) is 13.3 Å². The van der Waals surface area contributed by atoms with E-state index < -0.39 is 29.1 Å². The highest BCUT2D eigenvalue weighted by molar-refractivity contribution is 5.85. The van der Waals surface area contributed by atoms with Gasteiger partial charge < -0.3 is 15.2 Å². The van der Waals surface area contributed by atoms with Crippen LogP contribution in [0, 0.1) is 16.7 Å². The fourth-order valence-electron chi connectivity index (χ4n) is 2.72. The molecule has 3 heterocycles. The zero-order valence-corrected chi connectivity index (χ0v) is 7.69. The van der Waals surface area contributed by atoms with Crippen LogP contribution in [0.2, 0.25) is 0 Å². The van der Waals surface area contributed by atoms with E-state index in [2.05, 4.69) is 0 Å². The normalized spacial score (nSPS) is 58.6. The molecule has 0 amide bonds. The third-order valence-corrected chi connectivity index (χ3v) is 3.68. The van der Waals surface area contributed by atoms with Gasteiger partial charge in [0.05, 0.1) is 17.7 Å². The van der Waals surface area contributed by atoms with Gasteiger partial charge in [-0.05, 0) is 6.92 Å². The van der Waals surface area contributed by atoms with Crippen LogP contribution in [0.25, 0.3) is 0 Å². The second-order valence-electron chi connectivity index (χ2n) is 4.52. The Kier molecular flexibility index (Phi) is 1.14. The predicted molar refractivity (Wildman–Crippen MR) is 43.8 cm³/mol. The van der Waals surface area contributed by atoms with Crippen molar-refractivity contribution in [2.24, 2.45) is 11.1 Å². The van der Waals surface area contributed by atoms with Crippen LogP contribution in [0.15, 0.2) is 0 Å². The molecule has 3 rings (SSSR count). The van der Waals surface area contributed by atoms with E-state index in [-0.39, 0.29) is 6.10 Å². The smallest absolute Gasteiger partial charge is 0.329 e. The minimum Gasteiger partial charge on any atom is -0.456 e. The van der Waals surface area contributed by atoms with Gasteiger partial charge in [0.1, 0.15) is 6.10 Å². The first-order valence-electron chi connectivity index (χ1n) is 4.59. The Labute approximate surface area is 80.8 Å². The van der Waals surface area contributed by atoms with Crippen molar-refractivity contribution in [3.63, 3.8) is 0 Å². The molecule has 5 nitrogen and oxygen atoms in total. The van der Waals surface area contributed by atoms with Crippen molar-refractivity contribution in [2.75, 3.05) is 0 Å². The van der Waals surface area contributed by atoms with Crippen LogP contribution >= 0.6 is 0 Å². The molecule has 74 valence electrons. The molecular weight excluding hydrogens is 184 g/mol. The summed E-state index contributed by atoms with van der Waals surface area (Å²) in [5.41, 5.74) is 4.29. The second-order valence-corrected chi connectivity index (χ2v) is 4.52. The van der Waals surface area contributed by atoms with Crippen LogP contribution in [0.5, 0.6) is 0 Å². The van der Waals surface area contributed by atoms with E-state index in [4.69, 9.17) is 20.5 Å². The van der Waals surface area contributed by atoms with Crippen LogP contribution in [0.3, 0.4) is 0 Å². The summed E-state index contributed by atoms with van der Waals surface area (Å²) in [5, 5.41) is 9.03. The molecule has 0 aromatic rings. The first kappa shape index (κ1) is 8.21. The number of fused-ring (bicyclic) bond motifs is 1. The van der Waals surface area contributed by atoms with Gasteiger partial charge in [-0.1, -0.05) is 0 Å². The zero-order chi connectivity index (χ0) is 10.1. The highest BCUT2D eigenvalue weighted by atomic mass is 16.6. The van der Waals surface area contributed by atoms with Gasteiger partial charge in [0.2, 0.25) is 0 Å². The Hall–Kier alpha value is -1.12. The van der Waals surface area contributed by atoms with Crippen LogP contribution in [-0.4, -0.2) is 29.8 Å². The van der Waals surface area contributed by atoms with Crippen molar-refractivity contribution in [3.05, 3.63) is 0 Å². The molecule has 5 heteroatoms. The lowest BCUT2D eigenvalue weighted by Crippen LogP contribution is -2.56. The molecule has 0 spiro atoms. The number of carbonyl (C=O) groups is 1. The van der Waals surface area contributed by atoms with E-state index in [1.165, 1.54) is 0 Å². The van der Waals surface area contributed by atoms with Gasteiger partial charge in [-0.2, -0.15) is 5.26 Å². The van der Waals surface area contributed by atoms with Crippen molar-refractivity contribution in [2.45, 2.75) is 37.2 Å². The fraction of sp³-hybridized carbons (Fsp3) is 0.778. The fourth-order valence-corrected chi connectivity index (χ4v) is 2.72. The minimum atomic E-state index is -1.08. The molecule has 0 aromatic heterocycles. The standard InChI is InChI=1S/C9H10N2O3/c1-8(11)4-2-9(3-10)6(13-4)5(8)14-7(9)12/h4-6H,2,11H2,1H3. The summed E-state index contributed by atoms with van der Waals surface area (Å²) in [7, 11) is 0. The number of esters is 1. The summed E-state index contributed by atoms with van der Waals surface area (Å²) in [6.07, 6.45) is -0.770. The van der Waals surface area contributed by atoms with Gasteiger partial charge in [-0.25, -0.2) is 0 Å². The van der Waals surface area contributed by atoms with E-state index in [0.29, 0.717) is 6.42 Å². The number of rotatable bonds is 0. The van der Waals surface area contributed by atoms with Crippen molar-refractivity contribution in [1.29, 1.82) is 5.26 Å². The summed E-state index contributed by atoms with van der Waals surface area (Å²) >= 11 is 0. The van der Waals surface area contributed by atoms with E-state index in [9.17, 15) is 4.79 Å². The Bertz CT molecular complexity index is 373. The monoisotopic (exact) mass is 194 g/mol. The topological polar surface area (TPSA) is 85.3 Å². The average Bonchev–Trinajstić information content (AvgIpc) is 2.67. The summed E-state index contributed by atoms with van der Waals surface area (Å²) in [5.74, 6) is -0.466. The third kappa shape index (κ3) is 0.578. The van der Waals surface area contributed by atoms with Gasteiger partial charge in [0.15, 0.2) is 11.5 Å². The van der Waals surface area contributed by atoms with Gasteiger partial charge in [0, 0.05) is 6.42 Å². The quantitative estimate of drug-likeness (QED) is 0.516. The maximum atomic E-state index is 11.6. The van der Waals surface area contributed by atoms with Crippen molar-refractivity contribution in [1.82, 2.24) is 0 Å². The van der Waals surface area contributed by atoms with Gasteiger partial charge >= 0.3 is 5.97 Å². The Morgan fingerprint density at radius 1 is 1.64 bits per heavy atom. The van der Waals surface area contributed by atoms with E-state index in [1.807, 2.05) is 13.0 Å². The number of ether oxygens (including phenoxy) is 2. The SMILES string of the molecule is CC1(N)C2CC3(C#N)C(=O)OC1C3O2.